The number of fused-ring (bicyclic) bond motifs is 1. The summed E-state index contributed by atoms with van der Waals surface area (Å²) in [6.45, 7) is 4.98. The standard InChI is InChI=1S/C16H20FN3O4.C14H12F3N3O5/c1-11(21)18-9-13-10-20(16(22)24-13)12-2-3-15(14(17)8-12)19-4-6-23-7-5-19;15-14(16,17)25-10-3-1-9(2-4-10)7-23-11-5-19-6-12(20(21)22)18-13(19)24-8-11/h2-3,8,13H,4-7,9-10H2,1H3,(H,18,21);1-4,6,11H,5,7-8H2/t13-;11-/m00/s1. The van der Waals surface area contributed by atoms with E-state index in [1.807, 2.05) is 4.90 Å². The maximum absolute atomic E-state index is 14.4. The lowest BCUT2D eigenvalue weighted by Crippen LogP contribution is -2.36. The Hall–Kier alpha value is -5.17. The predicted octanol–water partition coefficient (Wildman–Crippen LogP) is 3.79. The lowest BCUT2D eigenvalue weighted by molar-refractivity contribution is -0.389. The third-order valence-corrected chi connectivity index (χ3v) is 7.40. The SMILES string of the molecule is CC(=O)NC[C@H]1CN(c2ccc(N3CCOCC3)c(F)c2)C(=O)O1.O=[N+]([O-])c1cn2c(n1)OC[C@@H](OCc1ccc(OC(F)(F)F)cc1)C2. The highest BCUT2D eigenvalue weighted by Gasteiger charge is 2.33. The first-order valence-electron chi connectivity index (χ1n) is 15.0. The molecular formula is C30H32F4N6O9. The summed E-state index contributed by atoms with van der Waals surface area (Å²) in [6.07, 6.45) is -4.82. The summed E-state index contributed by atoms with van der Waals surface area (Å²) in [4.78, 5) is 40.0. The molecule has 0 aliphatic carbocycles. The average Bonchev–Trinajstić information content (AvgIpc) is 3.66. The van der Waals surface area contributed by atoms with Gasteiger partial charge in [0.2, 0.25) is 5.91 Å². The predicted molar refractivity (Wildman–Crippen MR) is 162 cm³/mol. The Kier molecular flexibility index (Phi) is 11.0. The van der Waals surface area contributed by atoms with E-state index in [1.165, 1.54) is 52.9 Å². The van der Waals surface area contributed by atoms with Crippen LogP contribution in [0.15, 0.2) is 48.7 Å². The molecule has 19 heteroatoms. The molecule has 49 heavy (non-hydrogen) atoms. The van der Waals surface area contributed by atoms with Crippen molar-refractivity contribution in [2.45, 2.75) is 38.6 Å². The molecule has 2 atom stereocenters. The second-order valence-corrected chi connectivity index (χ2v) is 11.0. The minimum atomic E-state index is -4.73. The second-order valence-electron chi connectivity index (χ2n) is 11.0. The van der Waals surface area contributed by atoms with E-state index in [-0.39, 0.29) is 61.7 Å². The Labute approximate surface area is 276 Å². The number of ether oxygens (including phenoxy) is 5. The van der Waals surface area contributed by atoms with Gasteiger partial charge in [-0.05, 0) is 40.8 Å². The highest BCUT2D eigenvalue weighted by molar-refractivity contribution is 5.90. The summed E-state index contributed by atoms with van der Waals surface area (Å²) in [6, 6.07) is 10.2. The van der Waals surface area contributed by atoms with E-state index < -0.39 is 23.5 Å². The van der Waals surface area contributed by atoms with Crippen LogP contribution in [0.1, 0.15) is 12.5 Å². The van der Waals surface area contributed by atoms with Gasteiger partial charge in [-0.25, -0.2) is 9.18 Å². The number of cyclic esters (lactones) is 1. The average molecular weight is 697 g/mol. The first kappa shape index (κ1) is 35.1. The summed E-state index contributed by atoms with van der Waals surface area (Å²) in [5, 5.41) is 13.3. The number of amides is 2. The molecule has 0 bridgehead atoms. The third kappa shape index (κ3) is 9.69. The van der Waals surface area contributed by atoms with Crippen molar-refractivity contribution >= 4 is 29.2 Å². The number of carbonyl (C=O) groups excluding carboxylic acids is 2. The van der Waals surface area contributed by atoms with Gasteiger partial charge in [-0.2, -0.15) is 0 Å². The molecule has 264 valence electrons. The van der Waals surface area contributed by atoms with Crippen molar-refractivity contribution in [3.05, 3.63) is 70.2 Å². The van der Waals surface area contributed by atoms with E-state index in [2.05, 4.69) is 15.0 Å². The molecule has 1 N–H and O–H groups in total. The first-order valence-corrected chi connectivity index (χ1v) is 15.0. The van der Waals surface area contributed by atoms with Crippen molar-refractivity contribution in [3.8, 4) is 11.8 Å². The molecule has 4 heterocycles. The quantitative estimate of drug-likeness (QED) is 0.197. The van der Waals surface area contributed by atoms with Crippen molar-refractivity contribution in [1.29, 1.82) is 0 Å². The molecule has 6 rings (SSSR count). The number of halogens is 4. The van der Waals surface area contributed by atoms with Gasteiger partial charge >= 0.3 is 24.3 Å². The number of benzene rings is 2. The number of nitro groups is 1. The smallest absolute Gasteiger partial charge is 0.443 e. The molecule has 2 fully saturated rings. The van der Waals surface area contributed by atoms with E-state index in [0.29, 0.717) is 49.8 Å². The molecule has 2 saturated heterocycles. The van der Waals surface area contributed by atoms with Crippen LogP contribution < -0.4 is 24.6 Å². The van der Waals surface area contributed by atoms with Gasteiger partial charge in [0.05, 0.1) is 50.8 Å². The summed E-state index contributed by atoms with van der Waals surface area (Å²) in [5.74, 6) is -1.19. The maximum Gasteiger partial charge on any atom is 0.573 e. The third-order valence-electron chi connectivity index (χ3n) is 7.40. The molecule has 3 aliphatic rings. The van der Waals surface area contributed by atoms with Crippen LogP contribution in [0.25, 0.3) is 0 Å². The number of rotatable bonds is 9. The minimum absolute atomic E-state index is 0.145. The minimum Gasteiger partial charge on any atom is -0.443 e. The van der Waals surface area contributed by atoms with E-state index in [9.17, 15) is 37.3 Å². The Morgan fingerprint density at radius 3 is 2.53 bits per heavy atom. The van der Waals surface area contributed by atoms with Gasteiger partial charge in [0.25, 0.3) is 0 Å². The number of hydrogen-bond donors (Lipinski definition) is 1. The summed E-state index contributed by atoms with van der Waals surface area (Å²) < 4.78 is 77.4. The van der Waals surface area contributed by atoms with Gasteiger partial charge in [0.15, 0.2) is 0 Å². The topological polar surface area (TPSA) is 160 Å². The number of hydrogen-bond acceptors (Lipinski definition) is 11. The van der Waals surface area contributed by atoms with Gasteiger partial charge in [0, 0.05) is 25.0 Å². The molecule has 0 radical (unpaired) electrons. The van der Waals surface area contributed by atoms with Crippen LogP contribution in [0.3, 0.4) is 0 Å². The largest absolute Gasteiger partial charge is 0.573 e. The monoisotopic (exact) mass is 696 g/mol. The van der Waals surface area contributed by atoms with Gasteiger partial charge < -0.3 is 44.0 Å². The lowest BCUT2D eigenvalue weighted by atomic mass is 10.2. The number of carbonyl (C=O) groups is 2. The Morgan fingerprint density at radius 1 is 1.14 bits per heavy atom. The maximum atomic E-state index is 14.4. The van der Waals surface area contributed by atoms with Crippen molar-refractivity contribution in [1.82, 2.24) is 14.9 Å². The fraction of sp³-hybridized carbons (Fsp3) is 0.433. The highest BCUT2D eigenvalue weighted by atomic mass is 19.4. The first-order chi connectivity index (χ1) is 23.3. The van der Waals surface area contributed by atoms with Crippen molar-refractivity contribution in [2.24, 2.45) is 0 Å². The molecule has 3 aromatic rings. The molecule has 0 unspecified atom stereocenters. The van der Waals surface area contributed by atoms with Gasteiger partial charge in [-0.15, -0.1) is 13.2 Å². The number of nitrogens with zero attached hydrogens (tertiary/aromatic N) is 5. The van der Waals surface area contributed by atoms with Gasteiger partial charge in [0.1, 0.15) is 36.6 Å². The van der Waals surface area contributed by atoms with Gasteiger partial charge in [-0.3, -0.25) is 14.3 Å². The summed E-state index contributed by atoms with van der Waals surface area (Å²) >= 11 is 0. The van der Waals surface area contributed by atoms with Crippen LogP contribution in [0.2, 0.25) is 0 Å². The van der Waals surface area contributed by atoms with Crippen LogP contribution in [0.5, 0.6) is 11.8 Å². The number of imidazole rings is 1. The zero-order valence-electron chi connectivity index (χ0n) is 26.1. The molecule has 2 amide bonds. The molecule has 3 aliphatic heterocycles. The zero-order valence-corrected chi connectivity index (χ0v) is 26.1. The molecule has 0 saturated carbocycles. The van der Waals surface area contributed by atoms with Crippen LogP contribution >= 0.6 is 0 Å². The normalized spacial score (nSPS) is 18.8. The molecular weight excluding hydrogens is 664 g/mol. The number of alkyl halides is 3. The lowest BCUT2D eigenvalue weighted by Gasteiger charge is -2.29. The molecule has 1 aromatic heterocycles. The van der Waals surface area contributed by atoms with Crippen molar-refractivity contribution < 1.29 is 55.8 Å². The Balaban J connectivity index is 0.000000191. The summed E-state index contributed by atoms with van der Waals surface area (Å²) in [5.41, 5.74) is 1.60. The highest BCUT2D eigenvalue weighted by Crippen LogP contribution is 2.29. The van der Waals surface area contributed by atoms with Crippen LogP contribution in [-0.4, -0.2) is 91.0 Å². The van der Waals surface area contributed by atoms with Crippen LogP contribution in [-0.2, 0) is 32.2 Å². The van der Waals surface area contributed by atoms with Crippen LogP contribution in [0.4, 0.5) is 39.5 Å². The van der Waals surface area contributed by atoms with E-state index in [1.54, 1.807) is 12.1 Å². The fourth-order valence-corrected chi connectivity index (χ4v) is 5.08. The van der Waals surface area contributed by atoms with E-state index in [0.717, 1.165) is 0 Å². The molecule has 0 spiro atoms. The molecule has 2 aromatic carbocycles. The van der Waals surface area contributed by atoms with Crippen LogP contribution in [0, 0.1) is 15.9 Å². The molecule has 15 nitrogen and oxygen atoms in total. The zero-order chi connectivity index (χ0) is 35.1. The number of nitrogens with one attached hydrogen (secondary N) is 1. The number of anilines is 2. The number of aromatic nitrogens is 2. The Morgan fingerprint density at radius 2 is 1.88 bits per heavy atom. The second kappa shape index (κ2) is 15.4. The van der Waals surface area contributed by atoms with E-state index in [4.69, 9.17) is 18.9 Å². The fourth-order valence-electron chi connectivity index (χ4n) is 5.08. The van der Waals surface area contributed by atoms with Crippen molar-refractivity contribution in [3.63, 3.8) is 0 Å². The van der Waals surface area contributed by atoms with E-state index >= 15 is 0 Å². The van der Waals surface area contributed by atoms with Gasteiger partial charge in [-0.1, -0.05) is 12.1 Å². The number of morpholine rings is 1. The Bertz CT molecular complexity index is 1630. The van der Waals surface area contributed by atoms with Crippen molar-refractivity contribution in [2.75, 3.05) is 55.8 Å². The summed E-state index contributed by atoms with van der Waals surface area (Å²) in [7, 11) is 0.